The molecule has 3 rings (SSSR count). The molecule has 5 nitrogen and oxygen atoms in total. The van der Waals surface area contributed by atoms with Gasteiger partial charge in [-0.2, -0.15) is 4.99 Å². The number of amides is 1. The van der Waals surface area contributed by atoms with Crippen molar-refractivity contribution in [3.05, 3.63) is 55.4 Å². The molecular weight excluding hydrogens is 415 g/mol. The first-order valence-corrected chi connectivity index (χ1v) is 9.79. The number of fused-ring (bicyclic) bond motifs is 1. The van der Waals surface area contributed by atoms with Gasteiger partial charge < -0.3 is 9.30 Å². The van der Waals surface area contributed by atoms with E-state index in [1.165, 1.54) is 40.4 Å². The van der Waals surface area contributed by atoms with Crippen LogP contribution >= 0.6 is 45.9 Å². The first-order valence-electron chi connectivity index (χ1n) is 7.34. The second-order valence-electron chi connectivity index (χ2n) is 5.05. The van der Waals surface area contributed by atoms with Gasteiger partial charge in [0.1, 0.15) is 6.54 Å². The van der Waals surface area contributed by atoms with Gasteiger partial charge in [0.15, 0.2) is 4.80 Å². The lowest BCUT2D eigenvalue weighted by atomic mass is 10.3. The van der Waals surface area contributed by atoms with Gasteiger partial charge in [-0.25, -0.2) is 0 Å². The molecule has 0 N–H and O–H groups in total. The maximum Gasteiger partial charge on any atom is 0.325 e. The highest BCUT2D eigenvalue weighted by molar-refractivity contribution is 7.16. The molecule has 0 saturated carbocycles. The van der Waals surface area contributed by atoms with Gasteiger partial charge in [-0.15, -0.1) is 11.3 Å². The molecule has 0 radical (unpaired) electrons. The number of hydrogen-bond donors (Lipinski definition) is 0. The van der Waals surface area contributed by atoms with Crippen LogP contribution in [0.25, 0.3) is 16.3 Å². The zero-order chi connectivity index (χ0) is 18.7. The molecule has 0 atom stereocenters. The van der Waals surface area contributed by atoms with E-state index >= 15 is 0 Å². The Balaban J connectivity index is 2.09. The van der Waals surface area contributed by atoms with Gasteiger partial charge in [0.05, 0.1) is 27.4 Å². The standard InChI is InChI=1S/C17H12Cl2N2O3S2/c1-24-14(23)9-21-16-12(6-5-11(18)15(16)19)26-17(21)20-13(22)7-4-10-3-2-8-25-10/h2-8H,9H2,1H3/b7-4+,20-17?. The van der Waals surface area contributed by atoms with Crippen LogP contribution < -0.4 is 4.80 Å². The van der Waals surface area contributed by atoms with Crippen LogP contribution in [0, 0.1) is 0 Å². The maximum absolute atomic E-state index is 12.2. The van der Waals surface area contributed by atoms with Crippen LogP contribution in [0.2, 0.25) is 10.0 Å². The molecule has 9 heteroatoms. The topological polar surface area (TPSA) is 60.7 Å². The fourth-order valence-corrected chi connectivity index (χ4v) is 4.34. The van der Waals surface area contributed by atoms with Gasteiger partial charge in [-0.3, -0.25) is 9.59 Å². The molecule has 3 aromatic rings. The first kappa shape index (κ1) is 18.8. The summed E-state index contributed by atoms with van der Waals surface area (Å²) < 4.78 is 7.03. The molecule has 0 saturated heterocycles. The van der Waals surface area contributed by atoms with Crippen molar-refractivity contribution in [1.82, 2.24) is 4.57 Å². The van der Waals surface area contributed by atoms with E-state index in [1.54, 1.807) is 18.2 Å². The first-order chi connectivity index (χ1) is 12.5. The van der Waals surface area contributed by atoms with E-state index in [0.29, 0.717) is 20.4 Å². The molecule has 0 unspecified atom stereocenters. The Hall–Kier alpha value is -1.93. The Morgan fingerprint density at radius 2 is 2.12 bits per heavy atom. The number of benzene rings is 1. The van der Waals surface area contributed by atoms with Crippen molar-refractivity contribution in [2.45, 2.75) is 6.54 Å². The largest absolute Gasteiger partial charge is 0.468 e. The van der Waals surface area contributed by atoms with Gasteiger partial charge in [-0.05, 0) is 29.7 Å². The average molecular weight is 427 g/mol. The minimum atomic E-state index is -0.483. The number of carbonyl (C=O) groups excluding carboxylic acids is 2. The lowest BCUT2D eigenvalue weighted by molar-refractivity contribution is -0.141. The summed E-state index contributed by atoms with van der Waals surface area (Å²) in [7, 11) is 1.29. The molecule has 2 heterocycles. The second-order valence-corrected chi connectivity index (χ2v) is 7.83. The van der Waals surface area contributed by atoms with Crippen LogP contribution in [-0.2, 0) is 20.9 Å². The Morgan fingerprint density at radius 1 is 1.31 bits per heavy atom. The fraction of sp³-hybridized carbons (Fsp3) is 0.118. The normalized spacial score (nSPS) is 12.2. The SMILES string of the molecule is COC(=O)Cn1c(=NC(=O)/C=C/c2cccs2)sc2ccc(Cl)c(Cl)c21. The van der Waals surface area contributed by atoms with E-state index in [0.717, 1.165) is 9.58 Å². The Bertz CT molecular complexity index is 1070. The predicted molar refractivity (Wildman–Crippen MR) is 106 cm³/mol. The number of hydrogen-bond acceptors (Lipinski definition) is 5. The van der Waals surface area contributed by atoms with Gasteiger partial charge in [0.2, 0.25) is 0 Å². The number of thiazole rings is 1. The van der Waals surface area contributed by atoms with Crippen molar-refractivity contribution < 1.29 is 14.3 Å². The molecule has 0 fully saturated rings. The van der Waals surface area contributed by atoms with E-state index in [9.17, 15) is 9.59 Å². The number of aromatic nitrogens is 1. The summed E-state index contributed by atoms with van der Waals surface area (Å²) in [6, 6.07) is 7.22. The quantitative estimate of drug-likeness (QED) is 0.459. The van der Waals surface area contributed by atoms with Crippen molar-refractivity contribution in [1.29, 1.82) is 0 Å². The van der Waals surface area contributed by atoms with Crippen LogP contribution in [0.4, 0.5) is 0 Å². The lowest BCUT2D eigenvalue weighted by Crippen LogP contribution is -2.22. The third-order valence-electron chi connectivity index (χ3n) is 3.39. The number of halogens is 2. The summed E-state index contributed by atoms with van der Waals surface area (Å²) in [5.41, 5.74) is 0.545. The number of carbonyl (C=O) groups is 2. The molecular formula is C17H12Cl2N2O3S2. The highest BCUT2D eigenvalue weighted by Crippen LogP contribution is 2.32. The minimum absolute atomic E-state index is 0.128. The summed E-state index contributed by atoms with van der Waals surface area (Å²) in [4.78, 5) is 29.4. The number of esters is 1. The number of thiophene rings is 1. The van der Waals surface area contributed by atoms with E-state index < -0.39 is 11.9 Å². The smallest absolute Gasteiger partial charge is 0.325 e. The molecule has 2 aromatic heterocycles. The molecule has 1 amide bonds. The van der Waals surface area contributed by atoms with Crippen LogP contribution in [0.15, 0.2) is 40.7 Å². The third kappa shape index (κ3) is 4.07. The molecule has 134 valence electrons. The highest BCUT2D eigenvalue weighted by Gasteiger charge is 2.15. The summed E-state index contributed by atoms with van der Waals surface area (Å²) in [6.45, 7) is -0.128. The van der Waals surface area contributed by atoms with Crippen molar-refractivity contribution in [2.75, 3.05) is 7.11 Å². The minimum Gasteiger partial charge on any atom is -0.468 e. The molecule has 0 spiro atoms. The second kappa shape index (κ2) is 8.18. The Morgan fingerprint density at radius 3 is 2.81 bits per heavy atom. The molecule has 1 aromatic carbocycles. The van der Waals surface area contributed by atoms with E-state index in [4.69, 9.17) is 27.9 Å². The monoisotopic (exact) mass is 426 g/mol. The summed E-state index contributed by atoms with van der Waals surface area (Å²) in [6.07, 6.45) is 3.08. The third-order valence-corrected chi connectivity index (χ3v) is 6.06. The number of rotatable bonds is 4. The predicted octanol–water partition coefficient (Wildman–Crippen LogP) is 4.38. The summed E-state index contributed by atoms with van der Waals surface area (Å²) >= 11 is 15.1. The van der Waals surface area contributed by atoms with Crippen LogP contribution in [0.1, 0.15) is 4.88 Å². The molecule has 0 bridgehead atoms. The molecule has 0 aliphatic heterocycles. The number of ether oxygens (including phenoxy) is 1. The Labute approximate surface area is 166 Å². The van der Waals surface area contributed by atoms with E-state index in [-0.39, 0.29) is 6.54 Å². The average Bonchev–Trinajstić information content (AvgIpc) is 3.25. The van der Waals surface area contributed by atoms with Crippen molar-refractivity contribution in [3.8, 4) is 0 Å². The molecule has 0 aliphatic carbocycles. The lowest BCUT2D eigenvalue weighted by Gasteiger charge is -2.05. The van der Waals surface area contributed by atoms with Gasteiger partial charge >= 0.3 is 5.97 Å². The number of nitrogens with zero attached hydrogens (tertiary/aromatic N) is 2. The zero-order valence-corrected chi connectivity index (χ0v) is 16.6. The van der Waals surface area contributed by atoms with E-state index in [1.807, 2.05) is 17.5 Å². The summed E-state index contributed by atoms with van der Waals surface area (Å²) in [5.74, 6) is -0.922. The van der Waals surface area contributed by atoms with Crippen molar-refractivity contribution in [2.24, 2.45) is 4.99 Å². The fourth-order valence-electron chi connectivity index (χ4n) is 2.20. The van der Waals surface area contributed by atoms with Crippen LogP contribution in [0.5, 0.6) is 0 Å². The van der Waals surface area contributed by atoms with Crippen LogP contribution in [0.3, 0.4) is 0 Å². The Kier molecular flexibility index (Phi) is 5.93. The molecule has 0 aliphatic rings. The highest BCUT2D eigenvalue weighted by atomic mass is 35.5. The number of methoxy groups -OCH3 is 1. The van der Waals surface area contributed by atoms with Crippen LogP contribution in [-0.4, -0.2) is 23.6 Å². The van der Waals surface area contributed by atoms with Gasteiger partial charge in [0, 0.05) is 11.0 Å². The van der Waals surface area contributed by atoms with E-state index in [2.05, 4.69) is 4.99 Å². The van der Waals surface area contributed by atoms with Gasteiger partial charge in [0.25, 0.3) is 5.91 Å². The zero-order valence-electron chi connectivity index (χ0n) is 13.4. The molecule has 26 heavy (non-hydrogen) atoms. The van der Waals surface area contributed by atoms with Crippen molar-refractivity contribution >= 4 is 74.0 Å². The van der Waals surface area contributed by atoms with Crippen molar-refractivity contribution in [3.63, 3.8) is 0 Å². The van der Waals surface area contributed by atoms with Gasteiger partial charge in [-0.1, -0.05) is 40.6 Å². The summed E-state index contributed by atoms with van der Waals surface area (Å²) in [5, 5.41) is 2.57. The maximum atomic E-state index is 12.2.